The topological polar surface area (TPSA) is 57.6 Å². The van der Waals surface area contributed by atoms with Crippen LogP contribution in [0.15, 0.2) is 29.2 Å². The van der Waals surface area contributed by atoms with Crippen molar-refractivity contribution in [2.45, 2.75) is 44.1 Å². The van der Waals surface area contributed by atoms with Crippen LogP contribution >= 0.6 is 0 Å². The van der Waals surface area contributed by atoms with Gasteiger partial charge in [-0.1, -0.05) is 19.1 Å². The Balaban J connectivity index is 2.11. The van der Waals surface area contributed by atoms with E-state index in [9.17, 15) is 13.5 Å². The first-order valence-corrected chi connectivity index (χ1v) is 8.66. The number of aryl methyl sites for hydroxylation is 1. The van der Waals surface area contributed by atoms with Crippen LogP contribution in [-0.2, 0) is 16.4 Å². The first kappa shape index (κ1) is 15.5. The highest BCUT2D eigenvalue weighted by molar-refractivity contribution is 7.89. The summed E-state index contributed by atoms with van der Waals surface area (Å²) >= 11 is 0. The number of hydrogen-bond acceptors (Lipinski definition) is 3. The van der Waals surface area contributed by atoms with Gasteiger partial charge in [0.15, 0.2) is 0 Å². The fourth-order valence-electron chi connectivity index (χ4n) is 2.64. The van der Waals surface area contributed by atoms with E-state index in [2.05, 4.69) is 0 Å². The summed E-state index contributed by atoms with van der Waals surface area (Å²) in [5.41, 5.74) is 1.14. The number of aliphatic hydroxyl groups excluding tert-OH is 1. The summed E-state index contributed by atoms with van der Waals surface area (Å²) in [7, 11) is -3.38. The molecule has 0 radical (unpaired) electrons. The van der Waals surface area contributed by atoms with Gasteiger partial charge in [0.05, 0.1) is 11.0 Å². The number of sulfonamides is 1. The predicted octanol–water partition coefficient (Wildman–Crippen LogP) is 2.03. The average Bonchev–Trinajstić information content (AvgIpc) is 2.47. The molecule has 1 fully saturated rings. The third-order valence-corrected chi connectivity index (χ3v) is 6.06. The van der Waals surface area contributed by atoms with Gasteiger partial charge >= 0.3 is 0 Å². The number of piperidine rings is 1. The van der Waals surface area contributed by atoms with Crippen molar-refractivity contribution in [3.63, 3.8) is 0 Å². The Labute approximate surface area is 121 Å². The molecule has 2 rings (SSSR count). The molecule has 1 aliphatic rings. The Morgan fingerprint density at radius 1 is 1.25 bits per heavy atom. The summed E-state index contributed by atoms with van der Waals surface area (Å²) < 4.78 is 26.6. The molecule has 1 unspecified atom stereocenters. The Morgan fingerprint density at radius 3 is 2.25 bits per heavy atom. The Hall–Kier alpha value is -0.910. The summed E-state index contributed by atoms with van der Waals surface area (Å²) in [6.07, 6.45) is 2.00. The van der Waals surface area contributed by atoms with Gasteiger partial charge < -0.3 is 5.11 Å². The van der Waals surface area contributed by atoms with Crippen molar-refractivity contribution in [2.24, 2.45) is 5.92 Å². The fourth-order valence-corrected chi connectivity index (χ4v) is 4.11. The second-order valence-electron chi connectivity index (χ2n) is 5.48. The first-order chi connectivity index (χ1) is 9.45. The van der Waals surface area contributed by atoms with Crippen LogP contribution in [0.2, 0.25) is 0 Å². The number of rotatable bonds is 4. The average molecular weight is 297 g/mol. The van der Waals surface area contributed by atoms with Crippen LogP contribution in [0.1, 0.15) is 32.3 Å². The minimum absolute atomic E-state index is 0.212. The summed E-state index contributed by atoms with van der Waals surface area (Å²) in [6, 6.07) is 7.12. The third kappa shape index (κ3) is 3.22. The van der Waals surface area contributed by atoms with Crippen molar-refractivity contribution in [3.05, 3.63) is 29.8 Å². The lowest BCUT2D eigenvalue weighted by Gasteiger charge is -2.32. The standard InChI is InChI=1S/C15H23NO3S/c1-3-13-4-6-15(7-5-13)20(18,19)16-10-8-14(9-11-16)12(2)17/h4-7,12,14,17H,3,8-11H2,1-2H3. The summed E-state index contributed by atoms with van der Waals surface area (Å²) in [6.45, 7) is 4.81. The molecule has 1 saturated heterocycles. The van der Waals surface area contributed by atoms with Gasteiger partial charge in [-0.3, -0.25) is 0 Å². The molecule has 0 bridgehead atoms. The largest absolute Gasteiger partial charge is 0.393 e. The van der Waals surface area contributed by atoms with E-state index in [4.69, 9.17) is 0 Å². The van der Waals surface area contributed by atoms with Crippen molar-refractivity contribution in [1.29, 1.82) is 0 Å². The van der Waals surface area contributed by atoms with Crippen molar-refractivity contribution >= 4 is 10.0 Å². The molecule has 0 aromatic heterocycles. The highest BCUT2D eigenvalue weighted by atomic mass is 32.2. The zero-order chi connectivity index (χ0) is 14.8. The van der Waals surface area contributed by atoms with Crippen molar-refractivity contribution in [1.82, 2.24) is 4.31 Å². The van der Waals surface area contributed by atoms with Crippen LogP contribution < -0.4 is 0 Å². The second-order valence-corrected chi connectivity index (χ2v) is 7.42. The summed E-state index contributed by atoms with van der Waals surface area (Å²) in [4.78, 5) is 0.366. The molecule has 4 nitrogen and oxygen atoms in total. The molecule has 1 aromatic carbocycles. The zero-order valence-electron chi connectivity index (χ0n) is 12.1. The lowest BCUT2D eigenvalue weighted by molar-refractivity contribution is 0.0912. The molecule has 0 spiro atoms. The van der Waals surface area contributed by atoms with Gasteiger partial charge in [0, 0.05) is 13.1 Å². The third-order valence-electron chi connectivity index (χ3n) is 4.15. The van der Waals surface area contributed by atoms with E-state index in [1.165, 1.54) is 4.31 Å². The van der Waals surface area contributed by atoms with Gasteiger partial charge in [-0.05, 0) is 49.8 Å². The number of benzene rings is 1. The normalized spacial score (nSPS) is 19.9. The van der Waals surface area contributed by atoms with Crippen molar-refractivity contribution < 1.29 is 13.5 Å². The van der Waals surface area contributed by atoms with E-state index in [-0.39, 0.29) is 12.0 Å². The van der Waals surface area contributed by atoms with E-state index in [0.717, 1.165) is 24.8 Å². The highest BCUT2D eigenvalue weighted by Gasteiger charge is 2.30. The minimum Gasteiger partial charge on any atom is -0.393 e. The van der Waals surface area contributed by atoms with Gasteiger partial charge in [0.25, 0.3) is 0 Å². The smallest absolute Gasteiger partial charge is 0.243 e. The monoisotopic (exact) mass is 297 g/mol. The summed E-state index contributed by atoms with van der Waals surface area (Å²) in [5, 5.41) is 9.57. The van der Waals surface area contributed by atoms with E-state index in [1.807, 2.05) is 19.1 Å². The molecule has 0 aliphatic carbocycles. The van der Waals surface area contributed by atoms with E-state index in [1.54, 1.807) is 19.1 Å². The molecule has 1 aliphatic heterocycles. The van der Waals surface area contributed by atoms with Gasteiger partial charge in [0.1, 0.15) is 0 Å². The minimum atomic E-state index is -3.38. The molecule has 0 saturated carbocycles. The SMILES string of the molecule is CCc1ccc(S(=O)(=O)N2CCC(C(C)O)CC2)cc1. The molecule has 1 heterocycles. The van der Waals surface area contributed by atoms with Crippen LogP contribution in [0.4, 0.5) is 0 Å². The molecule has 1 N–H and O–H groups in total. The number of nitrogens with zero attached hydrogens (tertiary/aromatic N) is 1. The van der Waals surface area contributed by atoms with Crippen LogP contribution in [0.3, 0.4) is 0 Å². The second kappa shape index (κ2) is 6.24. The van der Waals surface area contributed by atoms with Crippen LogP contribution in [0.5, 0.6) is 0 Å². The zero-order valence-corrected chi connectivity index (χ0v) is 12.9. The molecule has 0 amide bonds. The maximum atomic E-state index is 12.5. The van der Waals surface area contributed by atoms with Gasteiger partial charge in [-0.2, -0.15) is 4.31 Å². The van der Waals surface area contributed by atoms with E-state index >= 15 is 0 Å². The lowest BCUT2D eigenvalue weighted by atomic mass is 9.93. The highest BCUT2D eigenvalue weighted by Crippen LogP contribution is 2.25. The molecule has 112 valence electrons. The number of hydrogen-bond donors (Lipinski definition) is 1. The van der Waals surface area contributed by atoms with Crippen LogP contribution in [-0.4, -0.2) is 37.0 Å². The number of aliphatic hydroxyl groups is 1. The predicted molar refractivity (Wildman–Crippen MR) is 79.0 cm³/mol. The van der Waals surface area contributed by atoms with Crippen molar-refractivity contribution in [3.8, 4) is 0 Å². The van der Waals surface area contributed by atoms with E-state index in [0.29, 0.717) is 18.0 Å². The first-order valence-electron chi connectivity index (χ1n) is 7.22. The quantitative estimate of drug-likeness (QED) is 0.925. The van der Waals surface area contributed by atoms with Gasteiger partial charge in [-0.15, -0.1) is 0 Å². The fraction of sp³-hybridized carbons (Fsp3) is 0.600. The maximum absolute atomic E-state index is 12.5. The Kier molecular flexibility index (Phi) is 4.83. The van der Waals surface area contributed by atoms with Crippen LogP contribution in [0, 0.1) is 5.92 Å². The van der Waals surface area contributed by atoms with Crippen molar-refractivity contribution in [2.75, 3.05) is 13.1 Å². The van der Waals surface area contributed by atoms with Gasteiger partial charge in [0.2, 0.25) is 10.0 Å². The molecule has 20 heavy (non-hydrogen) atoms. The van der Waals surface area contributed by atoms with Gasteiger partial charge in [-0.25, -0.2) is 8.42 Å². The Morgan fingerprint density at radius 2 is 1.80 bits per heavy atom. The molecular formula is C15H23NO3S. The molecule has 1 atom stereocenters. The Bertz CT molecular complexity index is 529. The molecule has 1 aromatic rings. The molecule has 5 heteroatoms. The lowest BCUT2D eigenvalue weighted by Crippen LogP contribution is -2.40. The maximum Gasteiger partial charge on any atom is 0.243 e. The van der Waals surface area contributed by atoms with Crippen LogP contribution in [0.25, 0.3) is 0 Å². The molecular weight excluding hydrogens is 274 g/mol. The van der Waals surface area contributed by atoms with E-state index < -0.39 is 10.0 Å². The summed E-state index contributed by atoms with van der Waals surface area (Å²) in [5.74, 6) is 0.212.